The highest BCUT2D eigenvalue weighted by atomic mass is 16.5. The van der Waals surface area contributed by atoms with Crippen molar-refractivity contribution in [1.29, 1.82) is 0 Å². The van der Waals surface area contributed by atoms with Crippen LogP contribution >= 0.6 is 0 Å². The number of rotatable bonds is 6. The monoisotopic (exact) mass is 352 g/mol. The molecule has 0 aliphatic heterocycles. The number of hydrogen-bond acceptors (Lipinski definition) is 6. The minimum absolute atomic E-state index is 0.262. The van der Waals surface area contributed by atoms with Gasteiger partial charge in [-0.2, -0.15) is 5.10 Å². The van der Waals surface area contributed by atoms with E-state index in [4.69, 9.17) is 9.47 Å². The van der Waals surface area contributed by atoms with E-state index in [1.54, 1.807) is 24.3 Å². The summed E-state index contributed by atoms with van der Waals surface area (Å²) in [5.74, 6) is 2.06. The zero-order valence-corrected chi connectivity index (χ0v) is 15.0. The van der Waals surface area contributed by atoms with E-state index in [0.29, 0.717) is 17.2 Å². The van der Waals surface area contributed by atoms with E-state index in [2.05, 4.69) is 33.3 Å². The Hall–Kier alpha value is -3.16. The average Bonchev–Trinajstić information content (AvgIpc) is 3.24. The minimum Gasteiger partial charge on any atom is -0.493 e. The van der Waals surface area contributed by atoms with Gasteiger partial charge in [-0.15, -0.1) is 10.2 Å². The molecule has 0 atom stereocenters. The van der Waals surface area contributed by atoms with Gasteiger partial charge >= 0.3 is 0 Å². The van der Waals surface area contributed by atoms with Crippen molar-refractivity contribution in [2.75, 3.05) is 7.11 Å². The van der Waals surface area contributed by atoms with Gasteiger partial charge in [0.15, 0.2) is 28.6 Å². The Morgan fingerprint density at radius 3 is 2.81 bits per heavy atom. The van der Waals surface area contributed by atoms with Crippen molar-refractivity contribution in [2.24, 2.45) is 7.05 Å². The highest BCUT2D eigenvalue weighted by Crippen LogP contribution is 2.29. The predicted octanol–water partition coefficient (Wildman–Crippen LogP) is 2.55. The third-order valence-electron chi connectivity index (χ3n) is 4.33. The molecule has 8 heteroatoms. The predicted molar refractivity (Wildman–Crippen MR) is 96.4 cm³/mol. The van der Waals surface area contributed by atoms with E-state index < -0.39 is 0 Å². The Morgan fingerprint density at radius 2 is 2.00 bits per heavy atom. The van der Waals surface area contributed by atoms with Crippen LogP contribution in [-0.2, 0) is 20.1 Å². The van der Waals surface area contributed by atoms with Gasteiger partial charge in [0, 0.05) is 7.05 Å². The first-order valence-electron chi connectivity index (χ1n) is 8.51. The Labute approximate surface area is 150 Å². The Balaban J connectivity index is 1.61. The molecule has 3 heterocycles. The molecule has 26 heavy (non-hydrogen) atoms. The zero-order chi connectivity index (χ0) is 18.1. The Kier molecular flexibility index (Phi) is 4.16. The maximum Gasteiger partial charge on any atom is 0.176 e. The van der Waals surface area contributed by atoms with E-state index in [1.807, 2.05) is 23.6 Å². The lowest BCUT2D eigenvalue weighted by molar-refractivity contribution is 0.275. The van der Waals surface area contributed by atoms with Crippen LogP contribution in [0.15, 0.2) is 30.7 Å². The highest BCUT2D eigenvalue weighted by molar-refractivity contribution is 5.88. The fourth-order valence-corrected chi connectivity index (χ4v) is 3.00. The molecule has 3 aromatic heterocycles. The van der Waals surface area contributed by atoms with Gasteiger partial charge < -0.3 is 9.47 Å². The fourth-order valence-electron chi connectivity index (χ4n) is 3.00. The molecule has 4 rings (SSSR count). The zero-order valence-electron chi connectivity index (χ0n) is 15.0. The van der Waals surface area contributed by atoms with E-state index in [1.165, 1.54) is 5.56 Å². The third kappa shape index (κ3) is 2.73. The molecule has 0 radical (unpaired) electrons. The molecule has 0 amide bonds. The van der Waals surface area contributed by atoms with Crippen molar-refractivity contribution in [2.45, 2.75) is 26.4 Å². The summed E-state index contributed by atoms with van der Waals surface area (Å²) in [5.41, 5.74) is 2.71. The van der Waals surface area contributed by atoms with Crippen LogP contribution in [0.2, 0.25) is 0 Å². The summed E-state index contributed by atoms with van der Waals surface area (Å²) >= 11 is 0. The van der Waals surface area contributed by atoms with Crippen LogP contribution in [0.4, 0.5) is 0 Å². The second-order valence-corrected chi connectivity index (χ2v) is 6.08. The van der Waals surface area contributed by atoms with E-state index in [0.717, 1.165) is 29.6 Å². The highest BCUT2D eigenvalue weighted by Gasteiger charge is 2.14. The van der Waals surface area contributed by atoms with Crippen LogP contribution in [0.3, 0.4) is 0 Å². The summed E-state index contributed by atoms with van der Waals surface area (Å²) in [5, 5.41) is 13.6. The van der Waals surface area contributed by atoms with Crippen LogP contribution in [0.5, 0.6) is 11.5 Å². The molecule has 0 unspecified atom stereocenters. The minimum atomic E-state index is 0.262. The molecule has 0 aliphatic rings. The molecular formula is C18H20N6O2. The van der Waals surface area contributed by atoms with E-state index in [9.17, 15) is 0 Å². The number of nitrogens with zero attached hydrogens (tertiary/aromatic N) is 6. The van der Waals surface area contributed by atoms with Crippen LogP contribution in [0.25, 0.3) is 16.7 Å². The lowest BCUT2D eigenvalue weighted by atomic mass is 10.1. The van der Waals surface area contributed by atoms with Crippen LogP contribution in [-0.4, -0.2) is 36.5 Å². The first kappa shape index (κ1) is 16.3. The average molecular weight is 352 g/mol. The molecule has 0 N–H and O–H groups in total. The summed E-state index contributed by atoms with van der Waals surface area (Å²) in [7, 11) is 3.49. The molecule has 0 aliphatic carbocycles. The van der Waals surface area contributed by atoms with Gasteiger partial charge in [0.2, 0.25) is 0 Å². The maximum absolute atomic E-state index is 5.93. The second-order valence-electron chi connectivity index (χ2n) is 6.08. The number of ether oxygens (including phenoxy) is 2. The van der Waals surface area contributed by atoms with Gasteiger partial charge in [-0.05, 0) is 24.1 Å². The van der Waals surface area contributed by atoms with Crippen molar-refractivity contribution in [3.63, 3.8) is 0 Å². The molecule has 8 nitrogen and oxygen atoms in total. The Morgan fingerprint density at radius 1 is 1.12 bits per heavy atom. The first-order valence-corrected chi connectivity index (χ1v) is 8.51. The van der Waals surface area contributed by atoms with Crippen molar-refractivity contribution >= 4 is 16.7 Å². The SMILES string of the molecule is CCCc1ccc(OCc2nnc3c4cnn(C)c4ncn23)c(OC)c1. The molecular weight excluding hydrogens is 332 g/mol. The van der Waals surface area contributed by atoms with Gasteiger partial charge in [0.1, 0.15) is 12.9 Å². The molecule has 0 bridgehead atoms. The molecule has 4 aromatic rings. The van der Waals surface area contributed by atoms with Gasteiger partial charge in [0.25, 0.3) is 0 Å². The number of fused-ring (bicyclic) bond motifs is 3. The third-order valence-corrected chi connectivity index (χ3v) is 4.33. The van der Waals surface area contributed by atoms with Crippen LogP contribution in [0.1, 0.15) is 24.7 Å². The topological polar surface area (TPSA) is 79.4 Å². The number of hydrogen-bond donors (Lipinski definition) is 0. The summed E-state index contributed by atoms with van der Waals surface area (Å²) in [4.78, 5) is 4.43. The number of aromatic nitrogens is 6. The molecule has 0 saturated carbocycles. The summed E-state index contributed by atoms with van der Waals surface area (Å²) in [6, 6.07) is 6.01. The standard InChI is InChI=1S/C18H20N6O2/c1-4-5-12-6-7-14(15(8-12)25-3)26-10-16-21-22-18-13-9-20-23(2)17(13)19-11-24(16)18/h6-9,11H,4-5,10H2,1-3H3. The quantitative estimate of drug-likeness (QED) is 0.531. The number of benzene rings is 1. The van der Waals surface area contributed by atoms with Gasteiger partial charge in [0.05, 0.1) is 18.7 Å². The molecule has 1 aromatic carbocycles. The van der Waals surface area contributed by atoms with Crippen LogP contribution in [0, 0.1) is 0 Å². The first-order chi connectivity index (χ1) is 12.7. The van der Waals surface area contributed by atoms with Crippen molar-refractivity contribution in [1.82, 2.24) is 29.4 Å². The second kappa shape index (κ2) is 6.62. The maximum atomic E-state index is 5.93. The molecule has 0 fully saturated rings. The van der Waals surface area contributed by atoms with Gasteiger partial charge in [-0.1, -0.05) is 19.4 Å². The normalized spacial score (nSPS) is 11.3. The van der Waals surface area contributed by atoms with E-state index in [-0.39, 0.29) is 6.61 Å². The lowest BCUT2D eigenvalue weighted by Crippen LogP contribution is -2.03. The molecule has 0 saturated heterocycles. The molecule has 0 spiro atoms. The largest absolute Gasteiger partial charge is 0.493 e. The molecule has 134 valence electrons. The lowest BCUT2D eigenvalue weighted by Gasteiger charge is -2.11. The van der Waals surface area contributed by atoms with Gasteiger partial charge in [-0.3, -0.25) is 9.08 Å². The fraction of sp³-hybridized carbons (Fsp3) is 0.333. The summed E-state index contributed by atoms with van der Waals surface area (Å²) in [6.07, 6.45) is 5.54. The summed E-state index contributed by atoms with van der Waals surface area (Å²) in [6.45, 7) is 2.42. The Bertz CT molecular complexity index is 1070. The van der Waals surface area contributed by atoms with E-state index >= 15 is 0 Å². The smallest absolute Gasteiger partial charge is 0.176 e. The summed E-state index contributed by atoms with van der Waals surface area (Å²) < 4.78 is 14.9. The van der Waals surface area contributed by atoms with Crippen molar-refractivity contribution in [3.8, 4) is 11.5 Å². The van der Waals surface area contributed by atoms with Crippen LogP contribution < -0.4 is 9.47 Å². The number of aryl methyl sites for hydroxylation is 2. The van der Waals surface area contributed by atoms with Gasteiger partial charge in [-0.25, -0.2) is 4.98 Å². The van der Waals surface area contributed by atoms with Crippen molar-refractivity contribution in [3.05, 3.63) is 42.1 Å². The number of methoxy groups -OCH3 is 1. The van der Waals surface area contributed by atoms with Crippen molar-refractivity contribution < 1.29 is 9.47 Å².